The molecule has 0 aromatic heterocycles. The van der Waals surface area contributed by atoms with Crippen molar-refractivity contribution in [1.82, 2.24) is 0 Å². The second-order valence-corrected chi connectivity index (χ2v) is 3.47. The van der Waals surface area contributed by atoms with Gasteiger partial charge in [0.2, 0.25) is 0 Å². The van der Waals surface area contributed by atoms with E-state index in [1.165, 1.54) is 12.1 Å². The number of halogens is 1. The van der Waals surface area contributed by atoms with Crippen LogP contribution in [-0.4, -0.2) is 5.71 Å². The molecule has 0 saturated carbocycles. The van der Waals surface area contributed by atoms with Gasteiger partial charge in [0.25, 0.3) is 0 Å². The van der Waals surface area contributed by atoms with Crippen LogP contribution in [0.5, 0.6) is 0 Å². The summed E-state index contributed by atoms with van der Waals surface area (Å²) in [6.45, 7) is 0. The molecule has 0 aliphatic rings. The molecule has 0 aliphatic carbocycles. The van der Waals surface area contributed by atoms with Crippen molar-refractivity contribution in [2.45, 2.75) is 0 Å². The first-order valence-corrected chi connectivity index (χ1v) is 4.88. The monoisotopic (exact) mass is 214 g/mol. The molecule has 2 rings (SSSR count). The maximum Gasteiger partial charge on any atom is 0.123 e. The van der Waals surface area contributed by atoms with Crippen molar-refractivity contribution in [3.63, 3.8) is 0 Å². The maximum atomic E-state index is 12.7. The predicted molar refractivity (Wildman–Crippen MR) is 63.2 cm³/mol. The molecule has 0 aliphatic heterocycles. The lowest BCUT2D eigenvalue weighted by molar-refractivity contribution is 0.628. The van der Waals surface area contributed by atoms with Gasteiger partial charge in [0.05, 0.1) is 5.71 Å². The lowest BCUT2D eigenvalue weighted by Crippen LogP contribution is -2.05. The summed E-state index contributed by atoms with van der Waals surface area (Å²) < 4.78 is 12.7. The Morgan fingerprint density at radius 1 is 1.00 bits per heavy atom. The number of hydrogen-bond donors (Lipinski definition) is 2. The van der Waals surface area contributed by atoms with Gasteiger partial charge in [0.1, 0.15) is 5.82 Å². The van der Waals surface area contributed by atoms with Crippen LogP contribution < -0.4 is 5.73 Å². The summed E-state index contributed by atoms with van der Waals surface area (Å²) in [7, 11) is 0. The minimum atomic E-state index is -0.308. The molecular formula is C13H11FN2. The van der Waals surface area contributed by atoms with Gasteiger partial charge in [-0.3, -0.25) is 5.41 Å². The number of nitrogens with two attached hydrogens (primary N) is 1. The van der Waals surface area contributed by atoms with E-state index in [1.54, 1.807) is 24.3 Å². The Labute approximate surface area is 93.0 Å². The zero-order valence-corrected chi connectivity index (χ0v) is 8.57. The van der Waals surface area contributed by atoms with Crippen LogP contribution >= 0.6 is 0 Å². The van der Waals surface area contributed by atoms with Crippen molar-refractivity contribution < 1.29 is 4.39 Å². The van der Waals surface area contributed by atoms with Gasteiger partial charge in [-0.25, -0.2) is 4.39 Å². The average molecular weight is 214 g/mol. The maximum absolute atomic E-state index is 12.7. The second kappa shape index (κ2) is 4.14. The highest BCUT2D eigenvalue weighted by atomic mass is 19.1. The highest BCUT2D eigenvalue weighted by Gasteiger charge is 2.07. The Bertz CT molecular complexity index is 518. The first-order chi connectivity index (χ1) is 7.68. The van der Waals surface area contributed by atoms with Crippen molar-refractivity contribution in [2.24, 2.45) is 0 Å². The van der Waals surface area contributed by atoms with E-state index in [0.29, 0.717) is 22.5 Å². The molecule has 0 unspecified atom stereocenters. The third kappa shape index (κ3) is 1.93. The zero-order chi connectivity index (χ0) is 11.5. The molecule has 2 aromatic carbocycles. The fourth-order valence-corrected chi connectivity index (χ4v) is 1.50. The van der Waals surface area contributed by atoms with E-state index in [-0.39, 0.29) is 5.82 Å². The van der Waals surface area contributed by atoms with Gasteiger partial charge in [-0.15, -0.1) is 0 Å². The number of anilines is 1. The number of benzene rings is 2. The Kier molecular flexibility index (Phi) is 2.68. The van der Waals surface area contributed by atoms with E-state index >= 15 is 0 Å². The van der Waals surface area contributed by atoms with Crippen LogP contribution in [0.2, 0.25) is 0 Å². The molecule has 0 spiro atoms. The van der Waals surface area contributed by atoms with E-state index in [1.807, 2.05) is 12.1 Å². The SMILES string of the molecule is N=C(c1ccc(F)cc1)c1ccccc1N. The molecule has 0 amide bonds. The quantitative estimate of drug-likeness (QED) is 0.586. The van der Waals surface area contributed by atoms with Crippen LogP contribution in [-0.2, 0) is 0 Å². The molecule has 0 radical (unpaired) electrons. The van der Waals surface area contributed by atoms with Gasteiger partial charge in [-0.2, -0.15) is 0 Å². The Morgan fingerprint density at radius 3 is 2.25 bits per heavy atom. The van der Waals surface area contributed by atoms with Gasteiger partial charge >= 0.3 is 0 Å². The minimum Gasteiger partial charge on any atom is -0.398 e. The average Bonchev–Trinajstić information content (AvgIpc) is 2.30. The van der Waals surface area contributed by atoms with Gasteiger partial charge in [0.15, 0.2) is 0 Å². The fourth-order valence-electron chi connectivity index (χ4n) is 1.50. The summed E-state index contributed by atoms with van der Waals surface area (Å²) in [6.07, 6.45) is 0. The van der Waals surface area contributed by atoms with E-state index in [9.17, 15) is 4.39 Å². The molecule has 16 heavy (non-hydrogen) atoms. The number of nitrogens with one attached hydrogen (secondary N) is 1. The van der Waals surface area contributed by atoms with E-state index in [2.05, 4.69) is 0 Å². The van der Waals surface area contributed by atoms with E-state index < -0.39 is 0 Å². The highest BCUT2D eigenvalue weighted by molar-refractivity contribution is 6.13. The van der Waals surface area contributed by atoms with Crippen LogP contribution in [0.1, 0.15) is 11.1 Å². The second-order valence-electron chi connectivity index (χ2n) is 3.47. The molecule has 2 aromatic rings. The molecule has 3 N–H and O–H groups in total. The van der Waals surface area contributed by atoms with Crippen LogP contribution in [0, 0.1) is 11.2 Å². The van der Waals surface area contributed by atoms with Gasteiger partial charge in [-0.1, -0.05) is 18.2 Å². The molecule has 80 valence electrons. The number of nitrogen functional groups attached to an aromatic ring is 1. The summed E-state index contributed by atoms with van der Waals surface area (Å²) in [6, 6.07) is 13.0. The molecule has 0 fully saturated rings. The first kappa shape index (κ1) is 10.4. The smallest absolute Gasteiger partial charge is 0.123 e. The summed E-state index contributed by atoms with van der Waals surface area (Å²) in [4.78, 5) is 0. The number of hydrogen-bond acceptors (Lipinski definition) is 2. The summed E-state index contributed by atoms with van der Waals surface area (Å²) in [5.41, 5.74) is 7.94. The standard InChI is InChI=1S/C13H11FN2/c14-10-7-5-9(6-8-10)13(16)11-3-1-2-4-12(11)15/h1-8,16H,15H2. The number of para-hydroxylation sites is 1. The third-order valence-electron chi connectivity index (χ3n) is 2.36. The molecular weight excluding hydrogens is 203 g/mol. The van der Waals surface area contributed by atoms with Gasteiger partial charge in [-0.05, 0) is 30.3 Å². The lowest BCUT2D eigenvalue weighted by atomic mass is 10.0. The normalized spacial score (nSPS) is 10.1. The first-order valence-electron chi connectivity index (χ1n) is 4.88. The molecule has 3 heteroatoms. The van der Waals surface area contributed by atoms with Gasteiger partial charge < -0.3 is 5.73 Å². The predicted octanol–water partition coefficient (Wildman–Crippen LogP) is 2.82. The molecule has 0 bridgehead atoms. The summed E-state index contributed by atoms with van der Waals surface area (Å²) in [5, 5.41) is 7.98. The lowest BCUT2D eigenvalue weighted by Gasteiger charge is -2.07. The van der Waals surface area contributed by atoms with E-state index in [0.717, 1.165) is 0 Å². The van der Waals surface area contributed by atoms with Crippen molar-refractivity contribution in [1.29, 1.82) is 5.41 Å². The fraction of sp³-hybridized carbons (Fsp3) is 0. The van der Waals surface area contributed by atoms with Crippen LogP contribution in [0.3, 0.4) is 0 Å². The van der Waals surface area contributed by atoms with Crippen molar-refractivity contribution in [3.8, 4) is 0 Å². The van der Waals surface area contributed by atoms with Gasteiger partial charge in [0, 0.05) is 16.8 Å². The Balaban J connectivity index is 2.40. The third-order valence-corrected chi connectivity index (χ3v) is 2.36. The van der Waals surface area contributed by atoms with Crippen LogP contribution in [0.15, 0.2) is 48.5 Å². The van der Waals surface area contributed by atoms with Crippen LogP contribution in [0.4, 0.5) is 10.1 Å². The highest BCUT2D eigenvalue weighted by Crippen LogP contribution is 2.16. The number of rotatable bonds is 2. The molecule has 0 heterocycles. The molecule has 2 nitrogen and oxygen atoms in total. The zero-order valence-electron chi connectivity index (χ0n) is 8.57. The minimum absolute atomic E-state index is 0.304. The van der Waals surface area contributed by atoms with Crippen molar-refractivity contribution in [3.05, 3.63) is 65.5 Å². The van der Waals surface area contributed by atoms with Crippen molar-refractivity contribution in [2.75, 3.05) is 5.73 Å². The molecule has 0 saturated heterocycles. The van der Waals surface area contributed by atoms with Crippen LogP contribution in [0.25, 0.3) is 0 Å². The Morgan fingerprint density at radius 2 is 1.62 bits per heavy atom. The summed E-state index contributed by atoms with van der Waals surface area (Å²) in [5.74, 6) is -0.308. The van der Waals surface area contributed by atoms with Crippen molar-refractivity contribution >= 4 is 11.4 Å². The Hall–Kier alpha value is -2.16. The van der Waals surface area contributed by atoms with E-state index in [4.69, 9.17) is 11.1 Å². The topological polar surface area (TPSA) is 49.9 Å². The molecule has 0 atom stereocenters. The summed E-state index contributed by atoms with van der Waals surface area (Å²) >= 11 is 0. The largest absolute Gasteiger partial charge is 0.398 e.